The molecular formula is C12H13F2N3O2. The molecule has 102 valence electrons. The van der Waals surface area contributed by atoms with Gasteiger partial charge in [0.05, 0.1) is 12.6 Å². The molecule has 2 N–H and O–H groups in total. The average molecular weight is 269 g/mol. The number of rotatable bonds is 4. The van der Waals surface area contributed by atoms with Crippen LogP contribution in [-0.2, 0) is 12.1 Å². The Balaban J connectivity index is 2.40. The monoisotopic (exact) mass is 269 g/mol. The lowest BCUT2D eigenvalue weighted by Crippen LogP contribution is -2.42. The van der Waals surface area contributed by atoms with Crippen molar-refractivity contribution in [2.45, 2.75) is 25.2 Å². The normalized spacial score (nSPS) is 16.1. The highest BCUT2D eigenvalue weighted by molar-refractivity contribution is 5.25. The first-order chi connectivity index (χ1) is 8.93. The van der Waals surface area contributed by atoms with Gasteiger partial charge in [-0.15, -0.1) is 0 Å². The fourth-order valence-corrected chi connectivity index (χ4v) is 1.79. The third-order valence-electron chi connectivity index (χ3n) is 2.98. The summed E-state index contributed by atoms with van der Waals surface area (Å²) in [7, 11) is 0. The molecule has 0 aliphatic carbocycles. The van der Waals surface area contributed by atoms with Crippen LogP contribution < -0.4 is 0 Å². The smallest absolute Gasteiger partial charge is 0.159 e. The summed E-state index contributed by atoms with van der Waals surface area (Å²) in [6.45, 7) is 1.23. The van der Waals surface area contributed by atoms with E-state index in [-0.39, 0.29) is 12.1 Å². The summed E-state index contributed by atoms with van der Waals surface area (Å²) >= 11 is 0. The zero-order chi connectivity index (χ0) is 14.0. The first-order valence-electron chi connectivity index (χ1n) is 5.62. The zero-order valence-electron chi connectivity index (χ0n) is 10.2. The van der Waals surface area contributed by atoms with Gasteiger partial charge in [0.1, 0.15) is 18.3 Å². The minimum absolute atomic E-state index is 0.0666. The molecule has 2 rings (SSSR count). The van der Waals surface area contributed by atoms with Gasteiger partial charge in [-0.2, -0.15) is 5.10 Å². The van der Waals surface area contributed by atoms with E-state index in [0.29, 0.717) is 0 Å². The van der Waals surface area contributed by atoms with E-state index in [1.165, 1.54) is 30.3 Å². The number of aliphatic hydroxyl groups excluding tert-OH is 1. The molecule has 1 aromatic heterocycles. The fourth-order valence-electron chi connectivity index (χ4n) is 1.79. The summed E-state index contributed by atoms with van der Waals surface area (Å²) in [4.78, 5) is 3.72. The van der Waals surface area contributed by atoms with Crippen molar-refractivity contribution in [3.05, 3.63) is 48.1 Å². The number of hydrogen-bond donors (Lipinski definition) is 2. The molecule has 0 bridgehead atoms. The van der Waals surface area contributed by atoms with E-state index in [4.69, 9.17) is 0 Å². The number of aliphatic hydroxyl groups is 2. The van der Waals surface area contributed by atoms with E-state index >= 15 is 0 Å². The number of hydrogen-bond acceptors (Lipinski definition) is 4. The van der Waals surface area contributed by atoms with Gasteiger partial charge >= 0.3 is 0 Å². The lowest BCUT2D eigenvalue weighted by molar-refractivity contribution is -0.0854. The van der Waals surface area contributed by atoms with Gasteiger partial charge in [-0.25, -0.2) is 18.4 Å². The van der Waals surface area contributed by atoms with Crippen LogP contribution >= 0.6 is 0 Å². The summed E-state index contributed by atoms with van der Waals surface area (Å²) in [6, 6.07) is 2.99. The fraction of sp³-hybridized carbons (Fsp3) is 0.333. The van der Waals surface area contributed by atoms with Crippen molar-refractivity contribution < 1.29 is 19.0 Å². The summed E-state index contributed by atoms with van der Waals surface area (Å²) in [6.07, 6.45) is 1.42. The van der Waals surface area contributed by atoms with Gasteiger partial charge in [0.2, 0.25) is 0 Å². The van der Waals surface area contributed by atoms with Crippen LogP contribution in [0.3, 0.4) is 0 Å². The third-order valence-corrected chi connectivity index (χ3v) is 2.98. The molecule has 2 atom stereocenters. The second-order valence-electron chi connectivity index (χ2n) is 4.32. The predicted octanol–water partition coefficient (Wildman–Crippen LogP) is 0.825. The van der Waals surface area contributed by atoms with Crippen LogP contribution in [-0.4, -0.2) is 31.1 Å². The van der Waals surface area contributed by atoms with Crippen molar-refractivity contribution in [2.75, 3.05) is 0 Å². The molecule has 0 radical (unpaired) electrons. The molecule has 0 amide bonds. The summed E-state index contributed by atoms with van der Waals surface area (Å²) in [5.41, 5.74) is -1.72. The number of benzene rings is 1. The number of nitrogens with zero attached hydrogens (tertiary/aromatic N) is 3. The molecule has 0 saturated carbocycles. The molecule has 0 aliphatic heterocycles. The minimum atomic E-state index is -1.79. The Kier molecular flexibility index (Phi) is 3.59. The maximum atomic E-state index is 13.2. The van der Waals surface area contributed by atoms with Crippen LogP contribution in [0.25, 0.3) is 0 Å². The topological polar surface area (TPSA) is 71.2 Å². The van der Waals surface area contributed by atoms with Crippen LogP contribution in [0.5, 0.6) is 0 Å². The van der Waals surface area contributed by atoms with Crippen LogP contribution in [0.15, 0.2) is 30.9 Å². The van der Waals surface area contributed by atoms with Crippen LogP contribution in [0.4, 0.5) is 8.78 Å². The molecule has 0 fully saturated rings. The number of aromatic nitrogens is 3. The number of halogens is 2. The minimum Gasteiger partial charge on any atom is -0.390 e. The predicted molar refractivity (Wildman–Crippen MR) is 62.0 cm³/mol. The van der Waals surface area contributed by atoms with Gasteiger partial charge in [0.25, 0.3) is 0 Å². The third kappa shape index (κ3) is 2.61. The molecule has 19 heavy (non-hydrogen) atoms. The van der Waals surface area contributed by atoms with Crippen molar-refractivity contribution in [3.8, 4) is 0 Å². The quantitative estimate of drug-likeness (QED) is 0.862. The van der Waals surface area contributed by atoms with E-state index in [1.54, 1.807) is 0 Å². The molecule has 0 spiro atoms. The molecule has 1 aromatic carbocycles. The van der Waals surface area contributed by atoms with E-state index in [1.807, 2.05) is 0 Å². The Morgan fingerprint density at radius 1 is 1.37 bits per heavy atom. The molecule has 2 aromatic rings. The van der Waals surface area contributed by atoms with Crippen molar-refractivity contribution in [2.24, 2.45) is 0 Å². The van der Waals surface area contributed by atoms with Crippen LogP contribution in [0.2, 0.25) is 0 Å². The van der Waals surface area contributed by atoms with Crippen molar-refractivity contribution in [1.82, 2.24) is 14.8 Å². The average Bonchev–Trinajstić information content (AvgIpc) is 2.85. The second kappa shape index (κ2) is 5.02. The van der Waals surface area contributed by atoms with E-state index < -0.39 is 23.3 Å². The summed E-state index contributed by atoms with van der Waals surface area (Å²) in [5, 5.41) is 24.1. The van der Waals surface area contributed by atoms with Gasteiger partial charge in [-0.1, -0.05) is 6.07 Å². The highest BCUT2D eigenvalue weighted by Gasteiger charge is 2.36. The first-order valence-corrected chi connectivity index (χ1v) is 5.62. The van der Waals surface area contributed by atoms with E-state index in [0.717, 1.165) is 12.1 Å². The Hall–Kier alpha value is -1.86. The standard InChI is InChI=1S/C12H13F2N3O2/c1-8(18)12(19,5-17-7-15-6-16-17)9-2-3-10(13)11(14)4-9/h2-4,6-8,18-19H,5H2,1H3/t8-,12-/m1/s1. The van der Waals surface area contributed by atoms with Crippen LogP contribution in [0.1, 0.15) is 12.5 Å². The molecular weight excluding hydrogens is 256 g/mol. The van der Waals surface area contributed by atoms with Crippen LogP contribution in [0, 0.1) is 11.6 Å². The lowest BCUT2D eigenvalue weighted by atomic mass is 9.88. The maximum Gasteiger partial charge on any atom is 0.159 e. The lowest BCUT2D eigenvalue weighted by Gasteiger charge is -2.31. The SMILES string of the molecule is C[C@@H](O)[C@](O)(Cn1cncn1)c1ccc(F)c(F)c1. The maximum absolute atomic E-state index is 13.2. The molecule has 7 heteroatoms. The van der Waals surface area contributed by atoms with Gasteiger partial charge in [-0.05, 0) is 24.6 Å². The van der Waals surface area contributed by atoms with E-state index in [2.05, 4.69) is 10.1 Å². The molecule has 0 saturated heterocycles. The molecule has 5 nitrogen and oxygen atoms in total. The van der Waals surface area contributed by atoms with Crippen molar-refractivity contribution >= 4 is 0 Å². The molecule has 0 unspecified atom stereocenters. The molecule has 0 aliphatic rings. The largest absolute Gasteiger partial charge is 0.390 e. The Bertz CT molecular complexity index is 560. The Morgan fingerprint density at radius 3 is 2.63 bits per heavy atom. The van der Waals surface area contributed by atoms with Gasteiger partial charge in [-0.3, -0.25) is 0 Å². The first kappa shape index (κ1) is 13.6. The molecule has 1 heterocycles. The van der Waals surface area contributed by atoms with Gasteiger partial charge in [0, 0.05) is 0 Å². The van der Waals surface area contributed by atoms with Crippen molar-refractivity contribution in [3.63, 3.8) is 0 Å². The highest BCUT2D eigenvalue weighted by Crippen LogP contribution is 2.28. The highest BCUT2D eigenvalue weighted by atomic mass is 19.2. The van der Waals surface area contributed by atoms with Gasteiger partial charge in [0.15, 0.2) is 11.6 Å². The van der Waals surface area contributed by atoms with E-state index in [9.17, 15) is 19.0 Å². The zero-order valence-corrected chi connectivity index (χ0v) is 10.2. The Labute approximate surface area is 108 Å². The van der Waals surface area contributed by atoms with Gasteiger partial charge < -0.3 is 10.2 Å². The summed E-state index contributed by atoms with van der Waals surface area (Å²) in [5.74, 6) is -2.10. The summed E-state index contributed by atoms with van der Waals surface area (Å²) < 4.78 is 27.5. The second-order valence-corrected chi connectivity index (χ2v) is 4.32. The Morgan fingerprint density at radius 2 is 2.11 bits per heavy atom. The van der Waals surface area contributed by atoms with Crippen molar-refractivity contribution in [1.29, 1.82) is 0 Å².